The van der Waals surface area contributed by atoms with E-state index in [4.69, 9.17) is 5.73 Å². The highest BCUT2D eigenvalue weighted by Crippen LogP contribution is 2.25. The summed E-state index contributed by atoms with van der Waals surface area (Å²) in [6.07, 6.45) is 0. The second kappa shape index (κ2) is 6.91. The van der Waals surface area contributed by atoms with Crippen molar-refractivity contribution in [2.24, 2.45) is 0 Å². The van der Waals surface area contributed by atoms with Crippen molar-refractivity contribution in [3.63, 3.8) is 0 Å². The van der Waals surface area contributed by atoms with E-state index in [9.17, 15) is 4.39 Å². The Labute approximate surface area is 133 Å². The molecule has 0 unspecified atom stereocenters. The second-order valence-corrected chi connectivity index (χ2v) is 6.06. The summed E-state index contributed by atoms with van der Waals surface area (Å²) >= 11 is 3.43. The van der Waals surface area contributed by atoms with E-state index in [0.29, 0.717) is 12.2 Å². The van der Waals surface area contributed by atoms with Gasteiger partial charge in [-0.3, -0.25) is 0 Å². The Morgan fingerprint density at radius 2 is 2.00 bits per heavy atom. The highest BCUT2D eigenvalue weighted by Gasteiger charge is 2.15. The molecule has 112 valence electrons. The fourth-order valence-electron chi connectivity index (χ4n) is 2.20. The van der Waals surface area contributed by atoms with Crippen LogP contribution in [0.4, 0.5) is 15.8 Å². The van der Waals surface area contributed by atoms with Gasteiger partial charge < -0.3 is 16.0 Å². The summed E-state index contributed by atoms with van der Waals surface area (Å²) in [6, 6.07) is 12.4. The number of anilines is 2. The third kappa shape index (κ3) is 4.19. The summed E-state index contributed by atoms with van der Waals surface area (Å²) in [4.78, 5) is 2.05. The quantitative estimate of drug-likeness (QED) is 0.803. The van der Waals surface area contributed by atoms with E-state index in [1.165, 1.54) is 6.07 Å². The lowest BCUT2D eigenvalue weighted by molar-refractivity contribution is 0.311. The number of likely N-dealkylation sites (N-methyl/N-ethyl adjacent to an activating group) is 1. The van der Waals surface area contributed by atoms with E-state index in [2.05, 4.69) is 26.1 Å². The summed E-state index contributed by atoms with van der Waals surface area (Å²) in [5.74, 6) is -0.221. The number of nitrogens with zero attached hydrogens (tertiary/aromatic N) is 1. The van der Waals surface area contributed by atoms with Crippen LogP contribution in [0.5, 0.6) is 0 Å². The van der Waals surface area contributed by atoms with Crippen molar-refractivity contribution in [3.8, 4) is 0 Å². The van der Waals surface area contributed by atoms with Crippen LogP contribution in [0.3, 0.4) is 0 Å². The van der Waals surface area contributed by atoms with Crippen LogP contribution in [0.1, 0.15) is 11.6 Å². The number of nitrogen functional groups attached to an aromatic ring is 1. The molecule has 0 radical (unpaired) electrons. The molecule has 0 saturated carbocycles. The molecule has 0 spiro atoms. The summed E-state index contributed by atoms with van der Waals surface area (Å²) < 4.78 is 14.4. The largest absolute Gasteiger partial charge is 0.397 e. The van der Waals surface area contributed by atoms with Crippen molar-refractivity contribution in [1.82, 2.24) is 4.90 Å². The first kappa shape index (κ1) is 15.8. The van der Waals surface area contributed by atoms with Gasteiger partial charge in [-0.15, -0.1) is 0 Å². The lowest BCUT2D eigenvalue weighted by Crippen LogP contribution is -2.27. The normalized spacial score (nSPS) is 12.4. The van der Waals surface area contributed by atoms with Gasteiger partial charge in [0.2, 0.25) is 0 Å². The van der Waals surface area contributed by atoms with Gasteiger partial charge in [-0.2, -0.15) is 0 Å². The average molecular weight is 352 g/mol. The molecular formula is C16H19BrFN3. The number of halogens is 2. The van der Waals surface area contributed by atoms with E-state index in [-0.39, 0.29) is 11.9 Å². The fraction of sp³-hybridized carbons (Fsp3) is 0.250. The summed E-state index contributed by atoms with van der Waals surface area (Å²) in [7, 11) is 3.95. The molecule has 0 heterocycles. The molecule has 2 aromatic rings. The third-order valence-corrected chi connectivity index (χ3v) is 3.85. The summed E-state index contributed by atoms with van der Waals surface area (Å²) in [5, 5.41) is 3.33. The van der Waals surface area contributed by atoms with Gasteiger partial charge in [-0.05, 0) is 50.0 Å². The molecule has 3 nitrogen and oxygen atoms in total. The van der Waals surface area contributed by atoms with Crippen LogP contribution >= 0.6 is 15.9 Å². The van der Waals surface area contributed by atoms with Crippen molar-refractivity contribution < 1.29 is 4.39 Å². The van der Waals surface area contributed by atoms with Crippen LogP contribution in [0.15, 0.2) is 46.9 Å². The predicted molar refractivity (Wildman–Crippen MR) is 89.9 cm³/mol. The van der Waals surface area contributed by atoms with E-state index < -0.39 is 0 Å². The Morgan fingerprint density at radius 1 is 1.24 bits per heavy atom. The number of hydrogen-bond acceptors (Lipinski definition) is 3. The second-order valence-electron chi connectivity index (χ2n) is 5.15. The summed E-state index contributed by atoms with van der Waals surface area (Å²) in [6.45, 7) is 0.636. The van der Waals surface area contributed by atoms with Gasteiger partial charge in [-0.1, -0.05) is 28.1 Å². The first-order valence-electron chi connectivity index (χ1n) is 6.68. The minimum atomic E-state index is -0.221. The molecule has 1 atom stereocenters. The van der Waals surface area contributed by atoms with Gasteiger partial charge in [0, 0.05) is 11.0 Å². The first-order chi connectivity index (χ1) is 9.97. The minimum absolute atomic E-state index is 0.0547. The van der Waals surface area contributed by atoms with Crippen LogP contribution < -0.4 is 11.1 Å². The van der Waals surface area contributed by atoms with Crippen LogP contribution in [0, 0.1) is 5.82 Å². The van der Waals surface area contributed by atoms with Gasteiger partial charge in [0.1, 0.15) is 5.82 Å². The van der Waals surface area contributed by atoms with Gasteiger partial charge in [0.05, 0.1) is 17.4 Å². The molecule has 0 bridgehead atoms. The lowest BCUT2D eigenvalue weighted by Gasteiger charge is -2.26. The number of benzene rings is 2. The van der Waals surface area contributed by atoms with Crippen LogP contribution in [-0.2, 0) is 0 Å². The molecule has 0 saturated heterocycles. The molecule has 0 fully saturated rings. The Kier molecular flexibility index (Phi) is 5.20. The molecule has 21 heavy (non-hydrogen) atoms. The van der Waals surface area contributed by atoms with Crippen molar-refractivity contribution in [2.45, 2.75) is 6.04 Å². The topological polar surface area (TPSA) is 41.3 Å². The van der Waals surface area contributed by atoms with Gasteiger partial charge in [-0.25, -0.2) is 4.39 Å². The van der Waals surface area contributed by atoms with Crippen molar-refractivity contribution in [3.05, 3.63) is 58.3 Å². The maximum absolute atomic E-state index is 13.4. The number of nitrogens with one attached hydrogen (secondary N) is 1. The monoisotopic (exact) mass is 351 g/mol. The molecule has 0 aromatic heterocycles. The van der Waals surface area contributed by atoms with Gasteiger partial charge in [0.25, 0.3) is 0 Å². The fourth-order valence-corrected chi connectivity index (χ4v) is 2.56. The number of nitrogens with two attached hydrogens (primary N) is 1. The number of hydrogen-bond donors (Lipinski definition) is 2. The Morgan fingerprint density at radius 3 is 2.67 bits per heavy atom. The Balaban J connectivity index is 2.16. The van der Waals surface area contributed by atoms with Gasteiger partial charge in [0.15, 0.2) is 0 Å². The summed E-state index contributed by atoms with van der Waals surface area (Å²) in [5.41, 5.74) is 8.45. The Bertz CT molecular complexity index is 616. The molecule has 3 N–H and O–H groups in total. The predicted octanol–water partition coefficient (Wildman–Crippen LogP) is 3.89. The SMILES string of the molecule is CN(C)[C@H](CNc1cc(Br)ccc1N)c1cccc(F)c1. The van der Waals surface area contributed by atoms with E-state index in [1.54, 1.807) is 12.1 Å². The standard InChI is InChI=1S/C16H19BrFN3/c1-21(2)16(11-4-3-5-13(18)8-11)10-20-15-9-12(17)6-7-14(15)19/h3-9,16,20H,10,19H2,1-2H3/t16-/m1/s1. The molecule has 5 heteroatoms. The molecule has 0 aliphatic carbocycles. The molecule has 2 rings (SSSR count). The molecular weight excluding hydrogens is 333 g/mol. The smallest absolute Gasteiger partial charge is 0.123 e. The molecule has 0 aliphatic heterocycles. The number of rotatable bonds is 5. The van der Waals surface area contributed by atoms with E-state index in [0.717, 1.165) is 15.7 Å². The maximum atomic E-state index is 13.4. The van der Waals surface area contributed by atoms with Crippen molar-refractivity contribution in [2.75, 3.05) is 31.7 Å². The zero-order valence-corrected chi connectivity index (χ0v) is 13.7. The maximum Gasteiger partial charge on any atom is 0.123 e. The third-order valence-electron chi connectivity index (χ3n) is 3.36. The van der Waals surface area contributed by atoms with Crippen molar-refractivity contribution in [1.29, 1.82) is 0 Å². The first-order valence-corrected chi connectivity index (χ1v) is 7.47. The lowest BCUT2D eigenvalue weighted by atomic mass is 10.1. The van der Waals surface area contributed by atoms with Gasteiger partial charge >= 0.3 is 0 Å². The van der Waals surface area contributed by atoms with Crippen LogP contribution in [0.2, 0.25) is 0 Å². The average Bonchev–Trinajstić information content (AvgIpc) is 2.42. The highest BCUT2D eigenvalue weighted by atomic mass is 79.9. The molecule has 0 aliphatic rings. The molecule has 2 aromatic carbocycles. The highest BCUT2D eigenvalue weighted by molar-refractivity contribution is 9.10. The van der Waals surface area contributed by atoms with E-state index >= 15 is 0 Å². The molecule has 0 amide bonds. The van der Waals surface area contributed by atoms with Crippen LogP contribution in [0.25, 0.3) is 0 Å². The minimum Gasteiger partial charge on any atom is -0.397 e. The Hall–Kier alpha value is -1.59. The zero-order chi connectivity index (χ0) is 15.4. The zero-order valence-electron chi connectivity index (χ0n) is 12.1. The van der Waals surface area contributed by atoms with Crippen molar-refractivity contribution >= 4 is 27.3 Å². The van der Waals surface area contributed by atoms with Crippen LogP contribution in [-0.4, -0.2) is 25.5 Å². The van der Waals surface area contributed by atoms with E-state index in [1.807, 2.05) is 38.4 Å².